The van der Waals surface area contributed by atoms with Gasteiger partial charge in [0.15, 0.2) is 0 Å². The molecular weight excluding hydrogens is 94.1 g/mol. The molecule has 38 valence electrons. The van der Waals surface area contributed by atoms with E-state index < -0.39 is 0 Å². The lowest BCUT2D eigenvalue weighted by atomic mass is 11.0. The Hall–Kier alpha value is 0.180. The molecule has 0 spiro atoms. The lowest BCUT2D eigenvalue weighted by molar-refractivity contribution is 1.28. The van der Waals surface area contributed by atoms with Crippen LogP contribution in [-0.2, 0) is 0 Å². The fraction of sp³-hybridized carbons (Fsp3) is 0.750. The summed E-state index contributed by atoms with van der Waals surface area (Å²) >= 11 is 0. The molecule has 1 N–H and O–H groups in total. The summed E-state index contributed by atoms with van der Waals surface area (Å²) in [4.78, 5) is 0. The van der Waals surface area contributed by atoms with Crippen molar-refractivity contribution in [2.45, 2.75) is 6.92 Å². The first-order valence-corrected chi connectivity index (χ1v) is 3.55. The molecule has 0 fully saturated rings. The molecule has 0 aromatic rings. The second-order valence-corrected chi connectivity index (χ2v) is 2.96. The monoisotopic (exact) mass is 105 g/mol. The normalized spacial score (nSPS) is 14.3. The van der Waals surface area contributed by atoms with Gasteiger partial charge in [-0.2, -0.15) is 0 Å². The molecule has 0 aliphatic carbocycles. The Morgan fingerprint density at radius 2 is 2.33 bits per heavy atom. The standard InChI is InChI=1S/C4H11NS/c1-4-6(3)5-2/h5H,3-4H2,1-2H3. The van der Waals surface area contributed by atoms with Crippen molar-refractivity contribution >= 4 is 16.5 Å². The van der Waals surface area contributed by atoms with Crippen LogP contribution in [0.5, 0.6) is 0 Å². The van der Waals surface area contributed by atoms with E-state index >= 15 is 0 Å². The van der Waals surface area contributed by atoms with Crippen molar-refractivity contribution in [3.63, 3.8) is 0 Å². The van der Waals surface area contributed by atoms with Gasteiger partial charge in [-0.25, -0.2) is 0 Å². The zero-order valence-electron chi connectivity index (χ0n) is 4.32. The Labute approximate surface area is 41.8 Å². The Bertz CT molecular complexity index is 45.5. The van der Waals surface area contributed by atoms with E-state index in [0.29, 0.717) is 0 Å². The molecule has 0 rings (SSSR count). The minimum absolute atomic E-state index is 0.216. The summed E-state index contributed by atoms with van der Waals surface area (Å²) in [6.45, 7) is 2.12. The van der Waals surface area contributed by atoms with Crippen molar-refractivity contribution in [3.8, 4) is 0 Å². The van der Waals surface area contributed by atoms with Gasteiger partial charge >= 0.3 is 0 Å². The molecule has 1 atom stereocenters. The van der Waals surface area contributed by atoms with Crippen LogP contribution >= 0.6 is 10.7 Å². The summed E-state index contributed by atoms with van der Waals surface area (Å²) in [5.74, 6) is 4.93. The van der Waals surface area contributed by atoms with Gasteiger partial charge in [0, 0.05) is 0 Å². The molecule has 0 aliphatic heterocycles. The number of hydrogen-bond donors (Lipinski definition) is 1. The summed E-state index contributed by atoms with van der Waals surface area (Å²) < 4.78 is 3.03. The van der Waals surface area contributed by atoms with E-state index in [2.05, 4.69) is 17.5 Å². The maximum atomic E-state index is 3.79. The van der Waals surface area contributed by atoms with Crippen LogP contribution in [0.4, 0.5) is 0 Å². The second kappa shape index (κ2) is 3.37. The van der Waals surface area contributed by atoms with E-state index in [4.69, 9.17) is 0 Å². The molecule has 2 heteroatoms. The Morgan fingerprint density at radius 1 is 1.83 bits per heavy atom. The molecule has 0 saturated heterocycles. The summed E-state index contributed by atoms with van der Waals surface area (Å²) in [7, 11) is 2.15. The van der Waals surface area contributed by atoms with Crippen LogP contribution in [0.25, 0.3) is 0 Å². The third-order valence-electron chi connectivity index (χ3n) is 0.637. The van der Waals surface area contributed by atoms with Gasteiger partial charge in [-0.15, -0.1) is 10.7 Å². The number of nitrogens with one attached hydrogen (secondary N) is 1. The average Bonchev–Trinajstić information content (AvgIpc) is 1.65. The van der Waals surface area contributed by atoms with Crippen molar-refractivity contribution in [3.05, 3.63) is 0 Å². The quantitative estimate of drug-likeness (QED) is 0.513. The highest BCUT2D eigenvalue weighted by Gasteiger charge is 1.72. The average molecular weight is 105 g/mol. The van der Waals surface area contributed by atoms with Gasteiger partial charge in [-0.1, -0.05) is 12.8 Å². The van der Waals surface area contributed by atoms with Crippen molar-refractivity contribution in [1.82, 2.24) is 4.72 Å². The van der Waals surface area contributed by atoms with Crippen molar-refractivity contribution in [2.75, 3.05) is 12.8 Å². The van der Waals surface area contributed by atoms with Crippen LogP contribution in [0, 0.1) is 0 Å². The highest BCUT2D eigenvalue weighted by atomic mass is 32.2. The molecule has 0 radical (unpaired) electrons. The summed E-state index contributed by atoms with van der Waals surface area (Å²) in [5, 5.41) is 0. The van der Waals surface area contributed by atoms with E-state index in [1.54, 1.807) is 0 Å². The topological polar surface area (TPSA) is 12.0 Å². The first-order valence-electron chi connectivity index (χ1n) is 1.99. The van der Waals surface area contributed by atoms with Gasteiger partial charge in [-0.3, -0.25) is 4.72 Å². The lowest BCUT2D eigenvalue weighted by Gasteiger charge is -1.95. The smallest absolute Gasteiger partial charge is 0.00190 e. The molecule has 1 nitrogen and oxygen atoms in total. The van der Waals surface area contributed by atoms with Crippen molar-refractivity contribution < 1.29 is 0 Å². The van der Waals surface area contributed by atoms with E-state index in [9.17, 15) is 0 Å². The van der Waals surface area contributed by atoms with Gasteiger partial charge in [0.2, 0.25) is 0 Å². The van der Waals surface area contributed by atoms with Crippen LogP contribution in [0.15, 0.2) is 0 Å². The lowest BCUT2D eigenvalue weighted by Crippen LogP contribution is -1.95. The molecular formula is C4H11NS. The predicted molar refractivity (Wildman–Crippen MR) is 34.3 cm³/mol. The first-order chi connectivity index (χ1) is 2.81. The van der Waals surface area contributed by atoms with Gasteiger partial charge in [0.25, 0.3) is 0 Å². The third kappa shape index (κ3) is 2.42. The van der Waals surface area contributed by atoms with Crippen LogP contribution in [0.3, 0.4) is 0 Å². The number of hydrogen-bond acceptors (Lipinski definition) is 1. The Morgan fingerprint density at radius 3 is 2.33 bits per heavy atom. The van der Waals surface area contributed by atoms with Crippen LogP contribution in [0.2, 0.25) is 0 Å². The van der Waals surface area contributed by atoms with E-state index in [1.165, 1.54) is 0 Å². The maximum absolute atomic E-state index is 3.79. The fourth-order valence-corrected chi connectivity index (χ4v) is 0.433. The molecule has 0 saturated carbocycles. The minimum atomic E-state index is 0.216. The zero-order valence-corrected chi connectivity index (χ0v) is 5.14. The molecule has 1 unspecified atom stereocenters. The van der Waals surface area contributed by atoms with Gasteiger partial charge < -0.3 is 0 Å². The van der Waals surface area contributed by atoms with Gasteiger partial charge in [0.05, 0.1) is 0 Å². The van der Waals surface area contributed by atoms with Crippen LogP contribution < -0.4 is 4.72 Å². The van der Waals surface area contributed by atoms with Gasteiger partial charge in [0.1, 0.15) is 0 Å². The third-order valence-corrected chi connectivity index (χ3v) is 1.91. The van der Waals surface area contributed by atoms with Crippen molar-refractivity contribution in [2.24, 2.45) is 0 Å². The fourth-order valence-electron chi connectivity index (χ4n) is 0.144. The molecule has 6 heavy (non-hydrogen) atoms. The minimum Gasteiger partial charge on any atom is -0.273 e. The molecule has 0 amide bonds. The summed E-state index contributed by atoms with van der Waals surface area (Å²) in [6.07, 6.45) is 0. The van der Waals surface area contributed by atoms with Crippen LogP contribution in [-0.4, -0.2) is 18.7 Å². The summed E-state index contributed by atoms with van der Waals surface area (Å²) in [5.41, 5.74) is 0. The predicted octanol–water partition coefficient (Wildman–Crippen LogP) is 0.842. The molecule has 0 aliphatic rings. The Balaban J connectivity index is 2.99. The Kier molecular flexibility index (Phi) is 3.47. The first kappa shape index (κ1) is 6.18. The SMILES string of the molecule is C=S(CC)NC. The maximum Gasteiger partial charge on any atom is -0.00190 e. The molecule has 0 aromatic carbocycles. The number of rotatable bonds is 2. The van der Waals surface area contributed by atoms with E-state index in [1.807, 2.05) is 7.05 Å². The second-order valence-electron chi connectivity index (χ2n) is 0.986. The van der Waals surface area contributed by atoms with Crippen LogP contribution in [0.1, 0.15) is 6.92 Å². The van der Waals surface area contributed by atoms with Crippen molar-refractivity contribution in [1.29, 1.82) is 0 Å². The van der Waals surface area contributed by atoms with E-state index in [-0.39, 0.29) is 10.7 Å². The molecule has 0 aromatic heterocycles. The highest BCUT2D eigenvalue weighted by molar-refractivity contribution is 8.12. The summed E-state index contributed by atoms with van der Waals surface area (Å²) in [6, 6.07) is 0. The highest BCUT2D eigenvalue weighted by Crippen LogP contribution is 1.95. The largest absolute Gasteiger partial charge is 0.273 e. The van der Waals surface area contributed by atoms with E-state index in [0.717, 1.165) is 5.75 Å². The van der Waals surface area contributed by atoms with Gasteiger partial charge in [-0.05, 0) is 12.8 Å². The molecule has 0 heterocycles. The molecule has 0 bridgehead atoms. The zero-order chi connectivity index (χ0) is 4.99.